The summed E-state index contributed by atoms with van der Waals surface area (Å²) in [6, 6.07) is 8.13. The lowest BCUT2D eigenvalue weighted by Gasteiger charge is -2.11. The van der Waals surface area contributed by atoms with Crippen LogP contribution in [0, 0.1) is 0 Å². The highest BCUT2D eigenvalue weighted by molar-refractivity contribution is 6.30. The number of benzene rings is 1. The van der Waals surface area contributed by atoms with E-state index in [1.54, 1.807) is 7.11 Å². The molecule has 0 aliphatic heterocycles. The van der Waals surface area contributed by atoms with Crippen LogP contribution in [-0.2, 0) is 11.2 Å². The zero-order valence-electron chi connectivity index (χ0n) is 9.79. The van der Waals surface area contributed by atoms with Gasteiger partial charge in [0.15, 0.2) is 0 Å². The van der Waals surface area contributed by atoms with E-state index >= 15 is 0 Å². The molecule has 0 saturated carbocycles. The minimum absolute atomic E-state index is 0.234. The van der Waals surface area contributed by atoms with Crippen molar-refractivity contribution in [2.75, 3.05) is 13.7 Å². The SMILES string of the molecule is COCCCCC(N)Cc1ccc(Cl)cc1. The Morgan fingerprint density at radius 1 is 1.25 bits per heavy atom. The van der Waals surface area contributed by atoms with Gasteiger partial charge in [0.1, 0.15) is 0 Å². The van der Waals surface area contributed by atoms with Crippen LogP contribution in [0.5, 0.6) is 0 Å². The van der Waals surface area contributed by atoms with Gasteiger partial charge in [0, 0.05) is 24.8 Å². The Morgan fingerprint density at radius 2 is 1.94 bits per heavy atom. The maximum Gasteiger partial charge on any atom is 0.0462 e. The topological polar surface area (TPSA) is 35.2 Å². The van der Waals surface area contributed by atoms with E-state index in [2.05, 4.69) is 0 Å². The molecular weight excluding hydrogens is 222 g/mol. The van der Waals surface area contributed by atoms with Gasteiger partial charge in [0.05, 0.1) is 0 Å². The maximum absolute atomic E-state index is 6.05. The van der Waals surface area contributed by atoms with Crippen molar-refractivity contribution in [1.82, 2.24) is 0 Å². The van der Waals surface area contributed by atoms with Crippen LogP contribution in [0.15, 0.2) is 24.3 Å². The van der Waals surface area contributed by atoms with Gasteiger partial charge in [0.2, 0.25) is 0 Å². The Balaban J connectivity index is 2.23. The van der Waals surface area contributed by atoms with Gasteiger partial charge in [-0.1, -0.05) is 23.7 Å². The molecule has 1 rings (SSSR count). The average molecular weight is 242 g/mol. The molecule has 1 unspecified atom stereocenters. The van der Waals surface area contributed by atoms with Crippen molar-refractivity contribution >= 4 is 11.6 Å². The fraction of sp³-hybridized carbons (Fsp3) is 0.538. The van der Waals surface area contributed by atoms with E-state index in [1.165, 1.54) is 5.56 Å². The van der Waals surface area contributed by atoms with Gasteiger partial charge in [-0.15, -0.1) is 0 Å². The molecule has 0 amide bonds. The van der Waals surface area contributed by atoms with Crippen molar-refractivity contribution < 1.29 is 4.74 Å². The Hall–Kier alpha value is -0.570. The Morgan fingerprint density at radius 3 is 2.56 bits per heavy atom. The van der Waals surface area contributed by atoms with Crippen LogP contribution in [0.4, 0.5) is 0 Å². The second-order valence-electron chi connectivity index (χ2n) is 4.08. The van der Waals surface area contributed by atoms with Crippen molar-refractivity contribution in [1.29, 1.82) is 0 Å². The summed E-state index contributed by atoms with van der Waals surface area (Å²) in [4.78, 5) is 0. The number of halogens is 1. The predicted molar refractivity (Wildman–Crippen MR) is 68.9 cm³/mol. The third-order valence-electron chi connectivity index (χ3n) is 2.58. The molecule has 16 heavy (non-hydrogen) atoms. The number of rotatable bonds is 7. The van der Waals surface area contributed by atoms with Crippen LogP contribution in [0.1, 0.15) is 24.8 Å². The van der Waals surface area contributed by atoms with E-state index in [4.69, 9.17) is 22.1 Å². The third-order valence-corrected chi connectivity index (χ3v) is 2.84. The number of methoxy groups -OCH3 is 1. The fourth-order valence-electron chi connectivity index (χ4n) is 1.68. The molecule has 2 N–H and O–H groups in total. The number of hydrogen-bond donors (Lipinski definition) is 1. The molecule has 0 radical (unpaired) electrons. The Labute approximate surface area is 103 Å². The van der Waals surface area contributed by atoms with Crippen LogP contribution < -0.4 is 5.73 Å². The first-order valence-electron chi connectivity index (χ1n) is 5.71. The molecule has 0 saturated heterocycles. The molecule has 3 heteroatoms. The van der Waals surface area contributed by atoms with Gasteiger partial charge in [-0.05, 0) is 43.4 Å². The highest BCUT2D eigenvalue weighted by atomic mass is 35.5. The van der Waals surface area contributed by atoms with E-state index in [1.807, 2.05) is 24.3 Å². The summed E-state index contributed by atoms with van der Waals surface area (Å²) in [6.07, 6.45) is 4.18. The molecule has 0 spiro atoms. The summed E-state index contributed by atoms with van der Waals surface area (Å²) in [5, 5.41) is 0.775. The van der Waals surface area contributed by atoms with Crippen LogP contribution >= 0.6 is 11.6 Å². The van der Waals surface area contributed by atoms with Crippen LogP contribution in [0.25, 0.3) is 0 Å². The van der Waals surface area contributed by atoms with Crippen molar-refractivity contribution in [3.63, 3.8) is 0 Å². The summed E-state index contributed by atoms with van der Waals surface area (Å²) in [6.45, 7) is 0.827. The Kier molecular flexibility index (Phi) is 6.46. The predicted octanol–water partition coefficient (Wildman–Crippen LogP) is 3.03. The van der Waals surface area contributed by atoms with E-state index < -0.39 is 0 Å². The first kappa shape index (κ1) is 13.5. The largest absolute Gasteiger partial charge is 0.385 e. The first-order valence-corrected chi connectivity index (χ1v) is 6.09. The zero-order chi connectivity index (χ0) is 11.8. The average Bonchev–Trinajstić information content (AvgIpc) is 2.28. The third kappa shape index (κ3) is 5.50. The van der Waals surface area contributed by atoms with Crippen LogP contribution in [-0.4, -0.2) is 19.8 Å². The van der Waals surface area contributed by atoms with Crippen molar-refractivity contribution in [3.8, 4) is 0 Å². The highest BCUT2D eigenvalue weighted by Crippen LogP contribution is 2.12. The first-order chi connectivity index (χ1) is 7.72. The van der Waals surface area contributed by atoms with Gasteiger partial charge in [-0.2, -0.15) is 0 Å². The van der Waals surface area contributed by atoms with Gasteiger partial charge in [-0.25, -0.2) is 0 Å². The van der Waals surface area contributed by atoms with Crippen LogP contribution in [0.3, 0.4) is 0 Å². The summed E-state index contributed by atoms with van der Waals surface area (Å²) in [5.74, 6) is 0. The lowest BCUT2D eigenvalue weighted by atomic mass is 10.0. The number of hydrogen-bond acceptors (Lipinski definition) is 2. The number of ether oxygens (including phenoxy) is 1. The molecule has 90 valence electrons. The number of unbranched alkanes of at least 4 members (excludes halogenated alkanes) is 1. The molecular formula is C13H20ClNO. The van der Waals surface area contributed by atoms with E-state index in [-0.39, 0.29) is 6.04 Å². The van der Waals surface area contributed by atoms with E-state index in [0.717, 1.165) is 37.3 Å². The standard InChI is InChI=1S/C13H20ClNO/c1-16-9-3-2-4-13(15)10-11-5-7-12(14)8-6-11/h5-8,13H,2-4,9-10,15H2,1H3. The molecule has 0 fully saturated rings. The molecule has 1 aromatic rings. The normalized spacial score (nSPS) is 12.7. The molecule has 0 aromatic heterocycles. The lowest BCUT2D eigenvalue weighted by molar-refractivity contribution is 0.191. The molecule has 0 aliphatic carbocycles. The number of nitrogens with two attached hydrogens (primary N) is 1. The molecule has 1 aromatic carbocycles. The summed E-state index contributed by atoms with van der Waals surface area (Å²) in [7, 11) is 1.73. The maximum atomic E-state index is 6.05. The van der Waals surface area contributed by atoms with Gasteiger partial charge < -0.3 is 10.5 Å². The van der Waals surface area contributed by atoms with Crippen molar-refractivity contribution in [2.24, 2.45) is 5.73 Å². The zero-order valence-corrected chi connectivity index (χ0v) is 10.5. The minimum atomic E-state index is 0.234. The van der Waals surface area contributed by atoms with E-state index in [9.17, 15) is 0 Å². The Bertz CT molecular complexity index is 286. The van der Waals surface area contributed by atoms with Gasteiger partial charge in [0.25, 0.3) is 0 Å². The van der Waals surface area contributed by atoms with Crippen molar-refractivity contribution in [2.45, 2.75) is 31.7 Å². The summed E-state index contributed by atoms with van der Waals surface area (Å²) in [5.41, 5.74) is 7.31. The molecule has 2 nitrogen and oxygen atoms in total. The minimum Gasteiger partial charge on any atom is -0.385 e. The quantitative estimate of drug-likeness (QED) is 0.745. The van der Waals surface area contributed by atoms with Gasteiger partial charge >= 0.3 is 0 Å². The second kappa shape index (κ2) is 7.66. The molecule has 1 atom stereocenters. The van der Waals surface area contributed by atoms with Crippen LogP contribution in [0.2, 0.25) is 5.02 Å². The highest BCUT2D eigenvalue weighted by Gasteiger charge is 2.03. The van der Waals surface area contributed by atoms with Gasteiger partial charge in [-0.3, -0.25) is 0 Å². The lowest BCUT2D eigenvalue weighted by Crippen LogP contribution is -2.22. The smallest absolute Gasteiger partial charge is 0.0462 e. The monoisotopic (exact) mass is 241 g/mol. The molecule has 0 aliphatic rings. The summed E-state index contributed by atoms with van der Waals surface area (Å²) < 4.78 is 5.00. The fourth-order valence-corrected chi connectivity index (χ4v) is 1.80. The molecule has 0 heterocycles. The van der Waals surface area contributed by atoms with Crippen molar-refractivity contribution in [3.05, 3.63) is 34.9 Å². The summed E-state index contributed by atoms with van der Waals surface area (Å²) >= 11 is 5.82. The van der Waals surface area contributed by atoms with E-state index in [0.29, 0.717) is 0 Å². The second-order valence-corrected chi connectivity index (χ2v) is 4.52. The molecule has 0 bridgehead atoms.